The first-order valence-corrected chi connectivity index (χ1v) is 9.69. The zero-order chi connectivity index (χ0) is 15.6. The van der Waals surface area contributed by atoms with Crippen molar-refractivity contribution in [3.8, 4) is 0 Å². The molecule has 1 N–H and O–H groups in total. The second kappa shape index (κ2) is 10.5. The molecule has 1 saturated carbocycles. The molecule has 0 amide bonds. The highest BCUT2D eigenvalue weighted by molar-refractivity contribution is 7.99. The summed E-state index contributed by atoms with van der Waals surface area (Å²) in [6.07, 6.45) is 9.92. The molecule has 4 heteroatoms. The molecule has 0 aliphatic heterocycles. The molecule has 0 aromatic rings. The molecule has 0 bridgehead atoms. The number of rotatable bonds is 11. The molecule has 1 rings (SSSR count). The van der Waals surface area contributed by atoms with Gasteiger partial charge in [-0.2, -0.15) is 11.8 Å². The van der Waals surface area contributed by atoms with Crippen LogP contribution in [0.25, 0.3) is 0 Å². The summed E-state index contributed by atoms with van der Waals surface area (Å²) in [5, 5.41) is 3.35. The van der Waals surface area contributed by atoms with Gasteiger partial charge in [0.2, 0.25) is 0 Å². The van der Waals surface area contributed by atoms with Gasteiger partial charge in [0.1, 0.15) is 5.54 Å². The van der Waals surface area contributed by atoms with Gasteiger partial charge in [0.25, 0.3) is 0 Å². The van der Waals surface area contributed by atoms with E-state index in [2.05, 4.69) is 24.0 Å². The molecule has 0 aromatic carbocycles. The molecule has 3 nitrogen and oxygen atoms in total. The number of methoxy groups -OCH3 is 1. The van der Waals surface area contributed by atoms with E-state index in [4.69, 9.17) is 4.74 Å². The summed E-state index contributed by atoms with van der Waals surface area (Å²) in [5.74, 6) is 3.40. The average Bonchev–Trinajstić information content (AvgIpc) is 3.01. The fourth-order valence-corrected chi connectivity index (χ4v) is 4.24. The largest absolute Gasteiger partial charge is 0.468 e. The summed E-state index contributed by atoms with van der Waals surface area (Å²) in [4.78, 5) is 11.9. The maximum Gasteiger partial charge on any atom is 0.325 e. The van der Waals surface area contributed by atoms with Crippen LogP contribution in [0.4, 0.5) is 0 Å². The van der Waals surface area contributed by atoms with Gasteiger partial charge in [0.05, 0.1) is 7.11 Å². The van der Waals surface area contributed by atoms with E-state index in [0.717, 1.165) is 31.7 Å². The molecule has 1 fully saturated rings. The summed E-state index contributed by atoms with van der Waals surface area (Å²) in [6, 6.07) is 0. The molecule has 1 aliphatic carbocycles. The number of esters is 1. The summed E-state index contributed by atoms with van der Waals surface area (Å²) in [5.41, 5.74) is -0.513. The van der Waals surface area contributed by atoms with E-state index in [1.807, 2.05) is 6.92 Å². The highest BCUT2D eigenvalue weighted by atomic mass is 32.2. The number of unbranched alkanes of at least 4 members (excludes halogenated alkanes) is 1. The first-order chi connectivity index (χ1) is 10.1. The van der Waals surface area contributed by atoms with E-state index in [0.29, 0.717) is 0 Å². The van der Waals surface area contributed by atoms with Crippen LogP contribution in [0.5, 0.6) is 0 Å². The minimum absolute atomic E-state index is 0.130. The topological polar surface area (TPSA) is 38.3 Å². The third kappa shape index (κ3) is 7.05. The highest BCUT2D eigenvalue weighted by Gasteiger charge is 2.32. The Balaban J connectivity index is 2.15. The van der Waals surface area contributed by atoms with Crippen molar-refractivity contribution in [2.75, 3.05) is 25.2 Å². The number of hydrogen-bond acceptors (Lipinski definition) is 4. The van der Waals surface area contributed by atoms with Gasteiger partial charge in [-0.1, -0.05) is 26.2 Å². The quantitative estimate of drug-likeness (QED) is 0.462. The summed E-state index contributed by atoms with van der Waals surface area (Å²) in [7, 11) is 1.48. The van der Waals surface area contributed by atoms with Crippen LogP contribution in [0.15, 0.2) is 0 Å². The minimum Gasteiger partial charge on any atom is -0.468 e. The molecule has 1 aliphatic rings. The molecule has 0 aromatic heterocycles. The fourth-order valence-electron chi connectivity index (χ4n) is 3.00. The van der Waals surface area contributed by atoms with Crippen molar-refractivity contribution in [1.82, 2.24) is 5.32 Å². The van der Waals surface area contributed by atoms with Crippen molar-refractivity contribution in [1.29, 1.82) is 0 Å². The van der Waals surface area contributed by atoms with Crippen LogP contribution in [0.1, 0.15) is 65.2 Å². The molecule has 1 atom stereocenters. The second-order valence-electron chi connectivity index (χ2n) is 6.43. The van der Waals surface area contributed by atoms with Crippen LogP contribution in [-0.2, 0) is 9.53 Å². The Bertz CT molecular complexity index is 293. The number of hydrogen-bond donors (Lipinski definition) is 1. The van der Waals surface area contributed by atoms with Crippen molar-refractivity contribution >= 4 is 17.7 Å². The Morgan fingerprint density at radius 3 is 2.67 bits per heavy atom. The Morgan fingerprint density at radius 2 is 2.05 bits per heavy atom. The van der Waals surface area contributed by atoms with Gasteiger partial charge >= 0.3 is 5.97 Å². The first kappa shape index (κ1) is 18.8. The molecule has 0 heterocycles. The monoisotopic (exact) mass is 315 g/mol. The lowest BCUT2D eigenvalue weighted by Crippen LogP contribution is -2.50. The van der Waals surface area contributed by atoms with Crippen molar-refractivity contribution in [2.24, 2.45) is 5.92 Å². The zero-order valence-electron chi connectivity index (χ0n) is 14.1. The average molecular weight is 316 g/mol. The van der Waals surface area contributed by atoms with E-state index < -0.39 is 5.54 Å². The van der Waals surface area contributed by atoms with Crippen LogP contribution in [-0.4, -0.2) is 36.7 Å². The maximum atomic E-state index is 11.9. The Kier molecular flexibility index (Phi) is 9.41. The van der Waals surface area contributed by atoms with E-state index in [1.54, 1.807) is 0 Å². The molecule has 21 heavy (non-hydrogen) atoms. The predicted molar refractivity (Wildman–Crippen MR) is 91.8 cm³/mol. The number of carbonyl (C=O) groups excluding carboxylic acids is 1. The fraction of sp³-hybridized carbons (Fsp3) is 0.941. The summed E-state index contributed by atoms with van der Waals surface area (Å²) in [6.45, 7) is 4.95. The molecule has 1 unspecified atom stereocenters. The van der Waals surface area contributed by atoms with Crippen LogP contribution >= 0.6 is 11.8 Å². The molecular formula is C17H33NO2S. The van der Waals surface area contributed by atoms with Gasteiger partial charge < -0.3 is 10.1 Å². The highest BCUT2D eigenvalue weighted by Crippen LogP contribution is 2.28. The second-order valence-corrected chi connectivity index (χ2v) is 7.58. The number of carbonyl (C=O) groups is 1. The van der Waals surface area contributed by atoms with Crippen molar-refractivity contribution < 1.29 is 9.53 Å². The van der Waals surface area contributed by atoms with Gasteiger partial charge in [-0.25, -0.2) is 0 Å². The lowest BCUT2D eigenvalue weighted by molar-refractivity contribution is -0.148. The Morgan fingerprint density at radius 1 is 1.33 bits per heavy atom. The summed E-state index contributed by atoms with van der Waals surface area (Å²) >= 11 is 2.10. The number of thioether (sulfide) groups is 1. The lowest BCUT2D eigenvalue weighted by Gasteiger charge is -2.28. The van der Waals surface area contributed by atoms with Crippen LogP contribution < -0.4 is 5.32 Å². The van der Waals surface area contributed by atoms with E-state index >= 15 is 0 Å². The molecule has 0 saturated heterocycles. The lowest BCUT2D eigenvalue weighted by atomic mass is 9.95. The maximum absolute atomic E-state index is 11.9. The first-order valence-electron chi connectivity index (χ1n) is 8.53. The molecule has 0 spiro atoms. The third-order valence-electron chi connectivity index (χ3n) is 4.44. The Hall–Kier alpha value is -0.220. The summed E-state index contributed by atoms with van der Waals surface area (Å²) < 4.78 is 4.95. The van der Waals surface area contributed by atoms with Crippen molar-refractivity contribution in [2.45, 2.75) is 70.8 Å². The number of ether oxygens (including phenoxy) is 1. The predicted octanol–water partition coefficient (Wildman–Crippen LogP) is 4.01. The van der Waals surface area contributed by atoms with Crippen LogP contribution in [0.3, 0.4) is 0 Å². The van der Waals surface area contributed by atoms with E-state index in [-0.39, 0.29) is 5.97 Å². The Labute approximate surface area is 135 Å². The molecule has 124 valence electrons. The van der Waals surface area contributed by atoms with Crippen molar-refractivity contribution in [3.63, 3.8) is 0 Å². The standard InChI is InChI=1S/C17H33NO2S/c1-4-12-18-17(2,16(19)20-3)11-7-8-13-21-14-15-9-5-6-10-15/h15,18H,4-14H2,1-3H3. The molecule has 0 radical (unpaired) electrons. The van der Waals surface area contributed by atoms with Gasteiger partial charge in [0, 0.05) is 0 Å². The number of nitrogens with one attached hydrogen (secondary N) is 1. The minimum atomic E-state index is -0.513. The van der Waals surface area contributed by atoms with Gasteiger partial charge in [0.15, 0.2) is 0 Å². The normalized spacial score (nSPS) is 18.6. The van der Waals surface area contributed by atoms with E-state index in [9.17, 15) is 4.79 Å². The van der Waals surface area contributed by atoms with Crippen LogP contribution in [0, 0.1) is 5.92 Å². The van der Waals surface area contributed by atoms with Crippen molar-refractivity contribution in [3.05, 3.63) is 0 Å². The van der Waals surface area contributed by atoms with E-state index in [1.165, 1.54) is 50.7 Å². The molecular weight excluding hydrogens is 282 g/mol. The SMILES string of the molecule is CCCNC(C)(CCCCSCC1CCCC1)C(=O)OC. The zero-order valence-corrected chi connectivity index (χ0v) is 14.9. The van der Waals surface area contributed by atoms with Crippen LogP contribution in [0.2, 0.25) is 0 Å². The third-order valence-corrected chi connectivity index (χ3v) is 5.73. The van der Waals surface area contributed by atoms with Gasteiger partial charge in [-0.15, -0.1) is 0 Å². The smallest absolute Gasteiger partial charge is 0.325 e. The van der Waals surface area contributed by atoms with Gasteiger partial charge in [-0.3, -0.25) is 4.79 Å². The van der Waals surface area contributed by atoms with Gasteiger partial charge in [-0.05, 0) is 63.0 Å².